The third kappa shape index (κ3) is 1.99. The molecule has 1 aliphatic heterocycles. The van der Waals surface area contributed by atoms with Crippen LogP contribution < -0.4 is 0 Å². The van der Waals surface area contributed by atoms with Gasteiger partial charge in [-0.05, 0) is 30.5 Å². The molecule has 0 aliphatic carbocycles. The lowest BCUT2D eigenvalue weighted by molar-refractivity contribution is -0.159. The van der Waals surface area contributed by atoms with Crippen molar-refractivity contribution in [3.8, 4) is 0 Å². The van der Waals surface area contributed by atoms with Gasteiger partial charge in [-0.15, -0.1) is 0 Å². The standard InChI is InChI=1S/C12H13BrO3/c1-7-6-9-8(4-3-5-10(9)13)11(16-7)12(14)15-2/h3-5,7,11H,6H2,1-2H3. The average molecular weight is 285 g/mol. The van der Waals surface area contributed by atoms with Crippen molar-refractivity contribution in [1.29, 1.82) is 0 Å². The van der Waals surface area contributed by atoms with Crippen molar-refractivity contribution in [2.45, 2.75) is 25.6 Å². The molecule has 0 radical (unpaired) electrons. The Balaban J connectivity index is 2.46. The van der Waals surface area contributed by atoms with E-state index in [1.807, 2.05) is 25.1 Å². The van der Waals surface area contributed by atoms with Crippen LogP contribution in [-0.4, -0.2) is 19.2 Å². The Bertz CT molecular complexity index is 417. The Kier molecular flexibility index (Phi) is 3.30. The lowest BCUT2D eigenvalue weighted by atomic mass is 9.95. The molecule has 0 saturated carbocycles. The predicted octanol–water partition coefficient (Wildman–Crippen LogP) is 2.62. The van der Waals surface area contributed by atoms with Gasteiger partial charge in [0.15, 0.2) is 6.10 Å². The number of hydrogen-bond acceptors (Lipinski definition) is 3. The monoisotopic (exact) mass is 284 g/mol. The van der Waals surface area contributed by atoms with Crippen molar-refractivity contribution in [3.63, 3.8) is 0 Å². The molecule has 0 spiro atoms. The Hall–Kier alpha value is -0.870. The number of carbonyl (C=O) groups is 1. The van der Waals surface area contributed by atoms with Crippen LogP contribution >= 0.6 is 15.9 Å². The highest BCUT2D eigenvalue weighted by Crippen LogP contribution is 2.34. The predicted molar refractivity (Wildman–Crippen MR) is 63.2 cm³/mol. The van der Waals surface area contributed by atoms with Gasteiger partial charge in [-0.25, -0.2) is 4.79 Å². The fraction of sp³-hybridized carbons (Fsp3) is 0.417. The number of halogens is 1. The molecule has 2 atom stereocenters. The van der Waals surface area contributed by atoms with Gasteiger partial charge in [0.1, 0.15) is 0 Å². The molecule has 0 saturated heterocycles. The van der Waals surface area contributed by atoms with Gasteiger partial charge in [0.25, 0.3) is 0 Å². The van der Waals surface area contributed by atoms with Crippen LogP contribution in [0, 0.1) is 0 Å². The summed E-state index contributed by atoms with van der Waals surface area (Å²) in [5.41, 5.74) is 2.04. The lowest BCUT2D eigenvalue weighted by Gasteiger charge is -2.29. The van der Waals surface area contributed by atoms with E-state index in [1.54, 1.807) is 0 Å². The van der Waals surface area contributed by atoms with E-state index in [0.717, 1.165) is 22.0 Å². The molecule has 1 aliphatic rings. The number of fused-ring (bicyclic) bond motifs is 1. The van der Waals surface area contributed by atoms with Crippen molar-refractivity contribution in [3.05, 3.63) is 33.8 Å². The van der Waals surface area contributed by atoms with Crippen LogP contribution in [0.25, 0.3) is 0 Å². The minimum absolute atomic E-state index is 0.0234. The fourth-order valence-corrected chi connectivity index (χ4v) is 2.51. The summed E-state index contributed by atoms with van der Waals surface area (Å²) < 4.78 is 11.4. The average Bonchev–Trinajstić information content (AvgIpc) is 2.28. The number of esters is 1. The van der Waals surface area contributed by atoms with Gasteiger partial charge in [-0.3, -0.25) is 0 Å². The summed E-state index contributed by atoms with van der Waals surface area (Å²) in [7, 11) is 1.38. The van der Waals surface area contributed by atoms with E-state index in [0.29, 0.717) is 0 Å². The van der Waals surface area contributed by atoms with Crippen LogP contribution in [-0.2, 0) is 20.7 Å². The van der Waals surface area contributed by atoms with Crippen LogP contribution in [0.1, 0.15) is 24.2 Å². The SMILES string of the molecule is COC(=O)C1OC(C)Cc2c(Br)cccc21. The molecule has 0 aromatic heterocycles. The van der Waals surface area contributed by atoms with Gasteiger partial charge < -0.3 is 9.47 Å². The van der Waals surface area contributed by atoms with E-state index in [1.165, 1.54) is 7.11 Å². The number of methoxy groups -OCH3 is 1. The zero-order valence-corrected chi connectivity index (χ0v) is 10.8. The fourth-order valence-electron chi connectivity index (χ4n) is 1.97. The highest BCUT2D eigenvalue weighted by molar-refractivity contribution is 9.10. The second-order valence-electron chi connectivity index (χ2n) is 3.86. The Morgan fingerprint density at radius 3 is 3.00 bits per heavy atom. The summed E-state index contributed by atoms with van der Waals surface area (Å²) in [4.78, 5) is 11.6. The first-order valence-electron chi connectivity index (χ1n) is 5.14. The molecule has 2 rings (SSSR count). The Morgan fingerprint density at radius 1 is 1.56 bits per heavy atom. The Labute approximate surface area is 103 Å². The maximum Gasteiger partial charge on any atom is 0.339 e. The Morgan fingerprint density at radius 2 is 2.31 bits per heavy atom. The summed E-state index contributed by atoms with van der Waals surface area (Å²) in [5.74, 6) is -0.342. The molecule has 2 unspecified atom stereocenters. The third-order valence-corrected chi connectivity index (χ3v) is 3.46. The minimum Gasteiger partial charge on any atom is -0.467 e. The topological polar surface area (TPSA) is 35.5 Å². The molecule has 1 aromatic carbocycles. The van der Waals surface area contributed by atoms with Crippen molar-refractivity contribution >= 4 is 21.9 Å². The minimum atomic E-state index is -0.596. The first kappa shape index (κ1) is 11.6. The summed E-state index contributed by atoms with van der Waals surface area (Å²) in [5, 5.41) is 0. The molecule has 1 aromatic rings. The van der Waals surface area contributed by atoms with Gasteiger partial charge in [0.2, 0.25) is 0 Å². The van der Waals surface area contributed by atoms with Crippen molar-refractivity contribution in [2.24, 2.45) is 0 Å². The molecule has 0 fully saturated rings. The van der Waals surface area contributed by atoms with E-state index in [4.69, 9.17) is 9.47 Å². The number of ether oxygens (including phenoxy) is 2. The van der Waals surface area contributed by atoms with Gasteiger partial charge in [0, 0.05) is 4.47 Å². The molecule has 16 heavy (non-hydrogen) atoms. The maximum atomic E-state index is 11.6. The maximum absolute atomic E-state index is 11.6. The summed E-state index contributed by atoms with van der Waals surface area (Å²) in [6.07, 6.45) is 0.237. The molecule has 4 heteroatoms. The van der Waals surface area contributed by atoms with Gasteiger partial charge in [-0.2, -0.15) is 0 Å². The quantitative estimate of drug-likeness (QED) is 0.744. The molecular formula is C12H13BrO3. The molecule has 3 nitrogen and oxygen atoms in total. The third-order valence-electron chi connectivity index (χ3n) is 2.71. The van der Waals surface area contributed by atoms with E-state index in [9.17, 15) is 4.79 Å². The van der Waals surface area contributed by atoms with Crippen molar-refractivity contribution in [2.75, 3.05) is 7.11 Å². The van der Waals surface area contributed by atoms with E-state index >= 15 is 0 Å². The van der Waals surface area contributed by atoms with Gasteiger partial charge in [0.05, 0.1) is 13.2 Å². The van der Waals surface area contributed by atoms with E-state index in [2.05, 4.69) is 15.9 Å². The highest BCUT2D eigenvalue weighted by Gasteiger charge is 2.32. The number of rotatable bonds is 1. The van der Waals surface area contributed by atoms with Crippen molar-refractivity contribution in [1.82, 2.24) is 0 Å². The summed E-state index contributed by atoms with van der Waals surface area (Å²) in [6.45, 7) is 1.96. The largest absolute Gasteiger partial charge is 0.467 e. The molecule has 0 amide bonds. The molecule has 1 heterocycles. The van der Waals surface area contributed by atoms with Crippen LogP contribution in [0.2, 0.25) is 0 Å². The number of benzene rings is 1. The highest BCUT2D eigenvalue weighted by atomic mass is 79.9. The zero-order chi connectivity index (χ0) is 11.7. The van der Waals surface area contributed by atoms with Crippen LogP contribution in [0.3, 0.4) is 0 Å². The van der Waals surface area contributed by atoms with Crippen LogP contribution in [0.5, 0.6) is 0 Å². The normalized spacial score (nSPS) is 23.7. The summed E-state index contributed by atoms with van der Waals surface area (Å²) in [6, 6.07) is 5.79. The number of carbonyl (C=O) groups excluding carboxylic acids is 1. The van der Waals surface area contributed by atoms with Crippen LogP contribution in [0.4, 0.5) is 0 Å². The second kappa shape index (κ2) is 4.55. The smallest absolute Gasteiger partial charge is 0.339 e. The lowest BCUT2D eigenvalue weighted by Crippen LogP contribution is -2.29. The van der Waals surface area contributed by atoms with Gasteiger partial charge >= 0.3 is 5.97 Å². The van der Waals surface area contributed by atoms with Crippen LogP contribution in [0.15, 0.2) is 22.7 Å². The molecule has 0 bridgehead atoms. The van der Waals surface area contributed by atoms with Gasteiger partial charge in [-0.1, -0.05) is 28.1 Å². The summed E-state index contributed by atoms with van der Waals surface area (Å²) >= 11 is 3.50. The molecule has 0 N–H and O–H groups in total. The first-order valence-corrected chi connectivity index (χ1v) is 5.93. The second-order valence-corrected chi connectivity index (χ2v) is 4.72. The zero-order valence-electron chi connectivity index (χ0n) is 9.20. The first-order chi connectivity index (χ1) is 7.63. The molecular weight excluding hydrogens is 272 g/mol. The molecule has 86 valence electrons. The van der Waals surface area contributed by atoms with E-state index in [-0.39, 0.29) is 12.1 Å². The van der Waals surface area contributed by atoms with E-state index < -0.39 is 6.10 Å². The van der Waals surface area contributed by atoms with Crippen molar-refractivity contribution < 1.29 is 14.3 Å². The number of hydrogen-bond donors (Lipinski definition) is 0.